The van der Waals surface area contributed by atoms with Crippen molar-refractivity contribution in [3.8, 4) is 0 Å². The summed E-state index contributed by atoms with van der Waals surface area (Å²) in [5, 5.41) is 0. The Morgan fingerprint density at radius 1 is 1.30 bits per heavy atom. The van der Waals surface area contributed by atoms with E-state index in [-0.39, 0.29) is 29.6 Å². The van der Waals surface area contributed by atoms with Gasteiger partial charge in [-0.1, -0.05) is 24.3 Å². The SMILES string of the molecule is CCCCCC[P+](=O)[O-].[Na+]. The van der Waals surface area contributed by atoms with Crippen molar-refractivity contribution in [3.63, 3.8) is 0 Å². The Kier molecular flexibility index (Phi) is 13.7. The number of unbranched alkanes of at least 4 members (excludes halogenated alkanes) is 3. The first kappa shape index (κ1) is 13.6. The molecular weight excluding hydrogens is 158 g/mol. The average molecular weight is 171 g/mol. The number of hydrogen-bond donors (Lipinski definition) is 0. The Morgan fingerprint density at radius 2 is 1.90 bits per heavy atom. The minimum Gasteiger partial charge on any atom is -0.596 e. The van der Waals surface area contributed by atoms with Crippen LogP contribution >= 0.6 is 8.03 Å². The molecule has 0 aliphatic carbocycles. The molecule has 2 nitrogen and oxygen atoms in total. The monoisotopic (exact) mass is 171 g/mol. The van der Waals surface area contributed by atoms with Crippen molar-refractivity contribution in [2.75, 3.05) is 6.16 Å². The third kappa shape index (κ3) is 11.8. The minimum absolute atomic E-state index is 0. The largest absolute Gasteiger partial charge is 1.00 e. The smallest absolute Gasteiger partial charge is 0.596 e. The number of rotatable bonds is 5. The van der Waals surface area contributed by atoms with E-state index in [0.717, 1.165) is 25.7 Å². The van der Waals surface area contributed by atoms with Gasteiger partial charge >= 0.3 is 37.6 Å². The molecule has 0 spiro atoms. The van der Waals surface area contributed by atoms with Crippen molar-refractivity contribution in [3.05, 3.63) is 0 Å². The molecule has 0 aromatic heterocycles. The molecule has 0 rings (SSSR count). The standard InChI is InChI=1S/C6H13O2P.Na/c1-2-3-4-5-6-9(7)8;/h2-6H2,1H3;/q;+1. The second-order valence-corrected chi connectivity index (χ2v) is 3.23. The van der Waals surface area contributed by atoms with Crippen molar-refractivity contribution >= 4 is 8.03 Å². The average Bonchev–Trinajstić information content (AvgIpc) is 1.80. The number of hydrogen-bond acceptors (Lipinski definition) is 2. The summed E-state index contributed by atoms with van der Waals surface area (Å²) < 4.78 is 10.00. The van der Waals surface area contributed by atoms with Crippen LogP contribution in [0.1, 0.15) is 32.6 Å². The van der Waals surface area contributed by atoms with Crippen molar-refractivity contribution in [2.45, 2.75) is 32.6 Å². The molecule has 0 radical (unpaired) electrons. The van der Waals surface area contributed by atoms with Gasteiger partial charge in [0.2, 0.25) is 0 Å². The van der Waals surface area contributed by atoms with E-state index in [2.05, 4.69) is 6.92 Å². The molecule has 1 unspecified atom stereocenters. The zero-order valence-electron chi connectivity index (χ0n) is 6.80. The fourth-order valence-corrected chi connectivity index (χ4v) is 1.15. The van der Waals surface area contributed by atoms with Gasteiger partial charge in [-0.25, -0.2) is 0 Å². The van der Waals surface area contributed by atoms with Gasteiger partial charge < -0.3 is 4.89 Å². The minimum atomic E-state index is -2.12. The van der Waals surface area contributed by atoms with Crippen LogP contribution in [-0.2, 0) is 4.57 Å². The second-order valence-electron chi connectivity index (χ2n) is 2.12. The molecule has 0 aromatic rings. The van der Waals surface area contributed by atoms with Crippen LogP contribution in [0.5, 0.6) is 0 Å². The van der Waals surface area contributed by atoms with Crippen LogP contribution < -0.4 is 34.5 Å². The Balaban J connectivity index is 0. The second kappa shape index (κ2) is 10.1. The summed E-state index contributed by atoms with van der Waals surface area (Å²) in [6, 6.07) is 0. The van der Waals surface area contributed by atoms with Crippen molar-refractivity contribution < 1.29 is 39.0 Å². The molecule has 1 atom stereocenters. The van der Waals surface area contributed by atoms with E-state index >= 15 is 0 Å². The summed E-state index contributed by atoms with van der Waals surface area (Å²) in [5.41, 5.74) is 0. The summed E-state index contributed by atoms with van der Waals surface area (Å²) >= 11 is 0. The van der Waals surface area contributed by atoms with Crippen LogP contribution in [0.15, 0.2) is 0 Å². The molecule has 10 heavy (non-hydrogen) atoms. The molecule has 0 heterocycles. The van der Waals surface area contributed by atoms with Gasteiger partial charge in [0.05, 0.1) is 0 Å². The predicted molar refractivity (Wildman–Crippen MR) is 36.6 cm³/mol. The van der Waals surface area contributed by atoms with Crippen molar-refractivity contribution in [2.24, 2.45) is 0 Å². The van der Waals surface area contributed by atoms with Gasteiger partial charge in [0.15, 0.2) is 0 Å². The van der Waals surface area contributed by atoms with E-state index in [1.165, 1.54) is 0 Å². The van der Waals surface area contributed by atoms with E-state index in [1.807, 2.05) is 0 Å². The Bertz CT molecular complexity index is 87.8. The molecule has 0 saturated carbocycles. The third-order valence-corrected chi connectivity index (χ3v) is 1.88. The zero-order valence-corrected chi connectivity index (χ0v) is 9.69. The fourth-order valence-electron chi connectivity index (χ4n) is 0.668. The van der Waals surface area contributed by atoms with Gasteiger partial charge in [0.1, 0.15) is 6.16 Å². The van der Waals surface area contributed by atoms with Crippen molar-refractivity contribution in [1.82, 2.24) is 0 Å². The normalized spacial score (nSPS) is 10.4. The summed E-state index contributed by atoms with van der Waals surface area (Å²) in [6.07, 6.45) is 4.58. The molecular formula is C6H13NaO2P+. The molecule has 0 N–H and O–H groups in total. The Labute approximate surface area is 85.6 Å². The van der Waals surface area contributed by atoms with Gasteiger partial charge in [-0.2, -0.15) is 0 Å². The van der Waals surface area contributed by atoms with Crippen LogP contribution in [0.2, 0.25) is 0 Å². The molecule has 0 aromatic carbocycles. The molecule has 4 heteroatoms. The van der Waals surface area contributed by atoms with Gasteiger partial charge in [0, 0.05) is 0 Å². The first-order valence-corrected chi connectivity index (χ1v) is 4.75. The van der Waals surface area contributed by atoms with Crippen LogP contribution in [0.25, 0.3) is 0 Å². The van der Waals surface area contributed by atoms with Gasteiger partial charge in [0.25, 0.3) is 0 Å². The maximum absolute atomic E-state index is 10.00. The first-order chi connectivity index (χ1) is 4.27. The third-order valence-electron chi connectivity index (χ3n) is 1.19. The Hall–Kier alpha value is 1.06. The van der Waals surface area contributed by atoms with Crippen LogP contribution in [0.4, 0.5) is 0 Å². The van der Waals surface area contributed by atoms with E-state index in [1.54, 1.807) is 0 Å². The van der Waals surface area contributed by atoms with Crippen molar-refractivity contribution in [1.29, 1.82) is 0 Å². The molecule has 54 valence electrons. The predicted octanol–water partition coefficient (Wildman–Crippen LogP) is -1.33. The zero-order chi connectivity index (χ0) is 7.11. The topological polar surface area (TPSA) is 40.1 Å². The van der Waals surface area contributed by atoms with Crippen LogP contribution in [0.3, 0.4) is 0 Å². The van der Waals surface area contributed by atoms with Gasteiger partial charge in [-0.05, 0) is 12.8 Å². The summed E-state index contributed by atoms with van der Waals surface area (Å²) in [7, 11) is -2.12. The molecule has 0 amide bonds. The van der Waals surface area contributed by atoms with E-state index in [9.17, 15) is 9.46 Å². The molecule has 0 aliphatic rings. The molecule has 0 fully saturated rings. The quantitative estimate of drug-likeness (QED) is 0.292. The van der Waals surface area contributed by atoms with Crippen LogP contribution in [-0.4, -0.2) is 6.16 Å². The molecule has 0 saturated heterocycles. The molecule has 0 bridgehead atoms. The maximum Gasteiger partial charge on any atom is 1.00 e. The van der Waals surface area contributed by atoms with Gasteiger partial charge in [-0.3, -0.25) is 0 Å². The summed E-state index contributed by atoms with van der Waals surface area (Å²) in [6.45, 7) is 2.11. The van der Waals surface area contributed by atoms with Crippen LogP contribution in [0, 0.1) is 0 Å². The maximum atomic E-state index is 10.00. The first-order valence-electron chi connectivity index (χ1n) is 3.39. The summed E-state index contributed by atoms with van der Waals surface area (Å²) in [5.74, 6) is 0. The molecule has 0 aliphatic heterocycles. The van der Waals surface area contributed by atoms with E-state index in [4.69, 9.17) is 0 Å². The fraction of sp³-hybridized carbons (Fsp3) is 1.00. The Morgan fingerprint density at radius 3 is 2.30 bits per heavy atom. The van der Waals surface area contributed by atoms with E-state index < -0.39 is 8.03 Å². The van der Waals surface area contributed by atoms with E-state index in [0.29, 0.717) is 6.16 Å². The summed E-state index contributed by atoms with van der Waals surface area (Å²) in [4.78, 5) is 10.00. The van der Waals surface area contributed by atoms with Gasteiger partial charge in [-0.15, -0.1) is 0 Å².